The van der Waals surface area contributed by atoms with E-state index >= 15 is 0 Å². The molecule has 0 aliphatic carbocycles. The summed E-state index contributed by atoms with van der Waals surface area (Å²) in [6, 6.07) is 15.1. The molecule has 0 bridgehead atoms. The number of halogens is 1. The highest BCUT2D eigenvalue weighted by Gasteiger charge is 2.04. The number of nitrogens with zero attached hydrogens (tertiary/aromatic N) is 1. The molecule has 0 aromatic heterocycles. The molecule has 0 amide bonds. The summed E-state index contributed by atoms with van der Waals surface area (Å²) in [4.78, 5) is 2.14. The van der Waals surface area contributed by atoms with E-state index in [0.29, 0.717) is 12.1 Å². The Kier molecular flexibility index (Phi) is 5.51. The third-order valence-corrected chi connectivity index (χ3v) is 3.04. The lowest BCUT2D eigenvalue weighted by atomic mass is 10.1. The first kappa shape index (κ1) is 15.2. The quantitative estimate of drug-likeness (QED) is 0.874. The zero-order chi connectivity index (χ0) is 15.1. The van der Waals surface area contributed by atoms with E-state index < -0.39 is 0 Å². The smallest absolute Gasteiger partial charge is 0.124 e. The molecule has 2 aromatic carbocycles. The van der Waals surface area contributed by atoms with E-state index in [1.54, 1.807) is 6.07 Å². The van der Waals surface area contributed by atoms with Crippen LogP contribution in [0.2, 0.25) is 0 Å². The Balaban J connectivity index is 2.06. The van der Waals surface area contributed by atoms with Crippen LogP contribution in [0.3, 0.4) is 0 Å². The summed E-state index contributed by atoms with van der Waals surface area (Å²) in [6.45, 7) is 1.77. The average Bonchev–Trinajstić information content (AvgIpc) is 2.45. The van der Waals surface area contributed by atoms with E-state index in [0.717, 1.165) is 12.1 Å². The van der Waals surface area contributed by atoms with Gasteiger partial charge in [-0.25, -0.2) is 4.39 Å². The van der Waals surface area contributed by atoms with Crippen molar-refractivity contribution in [2.75, 3.05) is 13.6 Å². The molecular formula is C18H19FN2. The molecule has 0 atom stereocenters. The Bertz CT molecular complexity index is 641. The van der Waals surface area contributed by atoms with Gasteiger partial charge in [0, 0.05) is 18.7 Å². The predicted molar refractivity (Wildman–Crippen MR) is 83.9 cm³/mol. The Morgan fingerprint density at radius 3 is 2.48 bits per heavy atom. The molecule has 0 saturated carbocycles. The number of hydrogen-bond donors (Lipinski definition) is 1. The van der Waals surface area contributed by atoms with Crippen molar-refractivity contribution in [3.63, 3.8) is 0 Å². The minimum atomic E-state index is -0.262. The van der Waals surface area contributed by atoms with Crippen molar-refractivity contribution >= 4 is 0 Å². The second-order valence-corrected chi connectivity index (χ2v) is 5.01. The van der Waals surface area contributed by atoms with Gasteiger partial charge in [-0.1, -0.05) is 42.2 Å². The monoisotopic (exact) mass is 282 g/mol. The van der Waals surface area contributed by atoms with Gasteiger partial charge in [-0.05, 0) is 36.4 Å². The van der Waals surface area contributed by atoms with Crippen LogP contribution < -0.4 is 5.73 Å². The number of benzene rings is 2. The van der Waals surface area contributed by atoms with Crippen molar-refractivity contribution < 1.29 is 4.39 Å². The van der Waals surface area contributed by atoms with Crippen molar-refractivity contribution in [2.45, 2.75) is 13.1 Å². The Hall–Kier alpha value is -2.15. The first-order chi connectivity index (χ1) is 10.2. The van der Waals surface area contributed by atoms with E-state index in [2.05, 4.69) is 28.9 Å². The summed E-state index contributed by atoms with van der Waals surface area (Å²) >= 11 is 0. The summed E-state index contributed by atoms with van der Waals surface area (Å²) in [5, 5.41) is 0. The van der Waals surface area contributed by atoms with Gasteiger partial charge in [0.1, 0.15) is 5.82 Å². The summed E-state index contributed by atoms with van der Waals surface area (Å²) in [5.41, 5.74) is 8.16. The zero-order valence-corrected chi connectivity index (χ0v) is 12.1. The van der Waals surface area contributed by atoms with Gasteiger partial charge in [0.2, 0.25) is 0 Å². The molecule has 21 heavy (non-hydrogen) atoms. The molecule has 0 unspecified atom stereocenters. The van der Waals surface area contributed by atoms with Crippen LogP contribution in [0, 0.1) is 17.7 Å². The third-order valence-electron chi connectivity index (χ3n) is 3.04. The number of nitrogens with two attached hydrogens (primary N) is 1. The minimum Gasteiger partial charge on any atom is -0.320 e. The fourth-order valence-electron chi connectivity index (χ4n) is 2.23. The molecule has 2 nitrogen and oxygen atoms in total. The van der Waals surface area contributed by atoms with Gasteiger partial charge in [-0.2, -0.15) is 0 Å². The predicted octanol–water partition coefficient (Wildman–Crippen LogP) is 2.77. The molecule has 108 valence electrons. The Morgan fingerprint density at radius 1 is 1.05 bits per heavy atom. The lowest BCUT2D eigenvalue weighted by Crippen LogP contribution is -2.17. The van der Waals surface area contributed by atoms with Gasteiger partial charge < -0.3 is 5.73 Å². The summed E-state index contributed by atoms with van der Waals surface area (Å²) in [6.07, 6.45) is 0. The molecule has 0 spiro atoms. The lowest BCUT2D eigenvalue weighted by molar-refractivity contribution is 0.318. The van der Waals surface area contributed by atoms with Crippen molar-refractivity contribution in [2.24, 2.45) is 5.73 Å². The highest BCUT2D eigenvalue weighted by Crippen LogP contribution is 2.12. The van der Waals surface area contributed by atoms with E-state index in [9.17, 15) is 4.39 Å². The molecule has 0 aliphatic heterocycles. The molecule has 3 heteroatoms. The van der Waals surface area contributed by atoms with Crippen molar-refractivity contribution in [1.82, 2.24) is 4.90 Å². The molecule has 0 heterocycles. The molecule has 0 aliphatic rings. The fraction of sp³-hybridized carbons (Fsp3) is 0.222. The van der Waals surface area contributed by atoms with Gasteiger partial charge in [-0.3, -0.25) is 4.90 Å². The van der Waals surface area contributed by atoms with Crippen LogP contribution in [0.5, 0.6) is 0 Å². The number of rotatable bonds is 4. The molecule has 0 radical (unpaired) electrons. The maximum Gasteiger partial charge on any atom is 0.124 e. The first-order valence-corrected chi connectivity index (χ1v) is 6.88. The van der Waals surface area contributed by atoms with Gasteiger partial charge in [0.25, 0.3) is 0 Å². The highest BCUT2D eigenvalue weighted by molar-refractivity contribution is 5.38. The molecule has 2 aromatic rings. The number of hydrogen-bond acceptors (Lipinski definition) is 2. The molecular weight excluding hydrogens is 263 g/mol. The van der Waals surface area contributed by atoms with Crippen molar-refractivity contribution in [3.05, 3.63) is 71.0 Å². The van der Waals surface area contributed by atoms with E-state index in [-0.39, 0.29) is 12.4 Å². The molecule has 2 N–H and O–H groups in total. The van der Waals surface area contributed by atoms with Gasteiger partial charge in [0.15, 0.2) is 0 Å². The van der Waals surface area contributed by atoms with Crippen molar-refractivity contribution in [3.8, 4) is 11.8 Å². The maximum atomic E-state index is 13.6. The molecule has 0 fully saturated rings. The third kappa shape index (κ3) is 5.03. The van der Waals surface area contributed by atoms with Crippen LogP contribution in [0.4, 0.5) is 4.39 Å². The molecule has 2 rings (SSSR count). The van der Waals surface area contributed by atoms with Crippen LogP contribution in [-0.2, 0) is 13.1 Å². The first-order valence-electron chi connectivity index (χ1n) is 6.88. The summed E-state index contributed by atoms with van der Waals surface area (Å²) < 4.78 is 13.6. The van der Waals surface area contributed by atoms with E-state index in [1.165, 1.54) is 11.6 Å². The largest absolute Gasteiger partial charge is 0.320 e. The van der Waals surface area contributed by atoms with Gasteiger partial charge >= 0.3 is 0 Å². The van der Waals surface area contributed by atoms with Gasteiger partial charge in [0.05, 0.1) is 6.54 Å². The topological polar surface area (TPSA) is 29.3 Å². The second-order valence-electron chi connectivity index (χ2n) is 5.01. The zero-order valence-electron chi connectivity index (χ0n) is 12.1. The molecule has 0 saturated heterocycles. The highest BCUT2D eigenvalue weighted by atomic mass is 19.1. The second kappa shape index (κ2) is 7.58. The van der Waals surface area contributed by atoms with Crippen LogP contribution in [0.1, 0.15) is 16.7 Å². The summed E-state index contributed by atoms with van der Waals surface area (Å²) in [7, 11) is 2.02. The standard InChI is InChI=1S/C18H19FN2/c1-21(13-15-6-3-2-4-7-15)14-17-10-16(8-5-9-20)11-18(19)12-17/h2-4,6-7,10-12H,9,13-14,20H2,1H3. The van der Waals surface area contributed by atoms with Crippen LogP contribution in [0.15, 0.2) is 48.5 Å². The Labute approximate surface area is 125 Å². The Morgan fingerprint density at radius 2 is 1.76 bits per heavy atom. The minimum absolute atomic E-state index is 0.262. The van der Waals surface area contributed by atoms with E-state index in [4.69, 9.17) is 5.73 Å². The van der Waals surface area contributed by atoms with Gasteiger partial charge in [-0.15, -0.1) is 0 Å². The van der Waals surface area contributed by atoms with Crippen LogP contribution in [0.25, 0.3) is 0 Å². The average molecular weight is 282 g/mol. The summed E-state index contributed by atoms with van der Waals surface area (Å²) in [5.74, 6) is 5.36. The van der Waals surface area contributed by atoms with E-state index in [1.807, 2.05) is 31.3 Å². The lowest BCUT2D eigenvalue weighted by Gasteiger charge is -2.17. The SMILES string of the molecule is CN(Cc1ccccc1)Cc1cc(F)cc(C#CCN)c1. The normalized spacial score (nSPS) is 10.3. The van der Waals surface area contributed by atoms with Crippen LogP contribution in [-0.4, -0.2) is 18.5 Å². The fourth-order valence-corrected chi connectivity index (χ4v) is 2.23. The van der Waals surface area contributed by atoms with Crippen molar-refractivity contribution in [1.29, 1.82) is 0 Å². The maximum absolute atomic E-state index is 13.6. The van der Waals surface area contributed by atoms with Crippen LogP contribution >= 0.6 is 0 Å².